The fourth-order valence-electron chi connectivity index (χ4n) is 2.66. The third-order valence-corrected chi connectivity index (χ3v) is 5.18. The molecule has 0 aliphatic carbocycles. The first kappa shape index (κ1) is 18.8. The minimum atomic E-state index is -0.196. The molecule has 0 saturated carbocycles. The first-order valence-electron chi connectivity index (χ1n) is 8.87. The Morgan fingerprint density at radius 2 is 2.12 bits per heavy atom. The van der Waals surface area contributed by atoms with Gasteiger partial charge >= 0.3 is 0 Å². The Hall–Kier alpha value is -1.99. The topological polar surface area (TPSA) is 60.4 Å². The predicted octanol–water partition coefficient (Wildman–Crippen LogP) is 3.18. The quantitative estimate of drug-likeness (QED) is 0.561. The largest absolute Gasteiger partial charge is 0.493 e. The molecular formula is C19H24N2O4S. The molecule has 0 atom stereocenters. The van der Waals surface area contributed by atoms with E-state index in [1.165, 1.54) is 11.8 Å². The third-order valence-electron chi connectivity index (χ3n) is 4.13. The molecule has 0 N–H and O–H groups in total. The Kier molecular flexibility index (Phi) is 6.57. The van der Waals surface area contributed by atoms with E-state index in [0.29, 0.717) is 30.5 Å². The van der Waals surface area contributed by atoms with Gasteiger partial charge in [-0.05, 0) is 42.0 Å². The van der Waals surface area contributed by atoms with Gasteiger partial charge in [0, 0.05) is 13.1 Å². The number of aliphatic imine (C=N–C) groups is 1. The molecule has 26 heavy (non-hydrogen) atoms. The summed E-state index contributed by atoms with van der Waals surface area (Å²) in [5.74, 6) is 1.19. The van der Waals surface area contributed by atoms with Crippen LogP contribution in [0.25, 0.3) is 6.08 Å². The lowest BCUT2D eigenvalue weighted by Crippen LogP contribution is -2.38. The lowest BCUT2D eigenvalue weighted by atomic mass is 10.2. The molecule has 1 amide bonds. The highest BCUT2D eigenvalue weighted by atomic mass is 32.2. The van der Waals surface area contributed by atoms with Crippen LogP contribution < -0.4 is 9.47 Å². The summed E-state index contributed by atoms with van der Waals surface area (Å²) in [5, 5.41) is 0.760. The van der Waals surface area contributed by atoms with Gasteiger partial charge < -0.3 is 19.1 Å². The van der Waals surface area contributed by atoms with Gasteiger partial charge in [0.15, 0.2) is 16.7 Å². The molecular weight excluding hydrogens is 352 g/mol. The Bertz CT molecular complexity index is 711. The lowest BCUT2D eigenvalue weighted by Gasteiger charge is -2.27. The summed E-state index contributed by atoms with van der Waals surface area (Å²) >= 11 is 1.41. The molecule has 2 heterocycles. The number of methoxy groups -OCH3 is 1. The lowest BCUT2D eigenvalue weighted by molar-refractivity contribution is -0.113. The van der Waals surface area contributed by atoms with E-state index in [0.717, 1.165) is 42.4 Å². The fourth-order valence-corrected chi connectivity index (χ4v) is 3.62. The van der Waals surface area contributed by atoms with Crippen molar-refractivity contribution in [3.05, 3.63) is 28.7 Å². The molecule has 2 aliphatic rings. The number of nitrogens with zero attached hydrogens (tertiary/aromatic N) is 2. The van der Waals surface area contributed by atoms with Crippen molar-refractivity contribution in [3.63, 3.8) is 0 Å². The summed E-state index contributed by atoms with van der Waals surface area (Å²) in [6.07, 6.45) is 3.93. The highest BCUT2D eigenvalue weighted by Crippen LogP contribution is 2.33. The molecule has 3 rings (SSSR count). The second kappa shape index (κ2) is 9.09. The molecule has 1 aromatic rings. The number of benzene rings is 1. The van der Waals surface area contributed by atoms with Gasteiger partial charge in [-0.2, -0.15) is 4.99 Å². The number of hydrogen-bond donors (Lipinski definition) is 0. The average Bonchev–Trinajstić information content (AvgIpc) is 3.04. The van der Waals surface area contributed by atoms with Crippen molar-refractivity contribution in [3.8, 4) is 11.5 Å². The van der Waals surface area contributed by atoms with Crippen LogP contribution in [-0.4, -0.2) is 56.0 Å². The smallest absolute Gasteiger partial charge is 0.286 e. The second-order valence-corrected chi connectivity index (χ2v) is 7.03. The van der Waals surface area contributed by atoms with Gasteiger partial charge in [0.1, 0.15) is 0 Å². The molecule has 140 valence electrons. The zero-order valence-electron chi connectivity index (χ0n) is 15.2. The van der Waals surface area contributed by atoms with E-state index in [1.807, 2.05) is 24.3 Å². The maximum absolute atomic E-state index is 12.2. The first-order valence-corrected chi connectivity index (χ1v) is 9.69. The summed E-state index contributed by atoms with van der Waals surface area (Å²) in [4.78, 5) is 19.1. The van der Waals surface area contributed by atoms with Gasteiger partial charge in [-0.15, -0.1) is 0 Å². The Morgan fingerprint density at radius 1 is 1.31 bits per heavy atom. The SMILES string of the molecule is CCCCOc1ccc(C=C2SC(N3CCOCC3)=NC2=O)cc1OC. The van der Waals surface area contributed by atoms with Crippen molar-refractivity contribution in [2.45, 2.75) is 19.8 Å². The summed E-state index contributed by atoms with van der Waals surface area (Å²) in [6, 6.07) is 5.70. The maximum atomic E-state index is 12.2. The maximum Gasteiger partial charge on any atom is 0.286 e. The number of morpholine rings is 1. The highest BCUT2D eigenvalue weighted by molar-refractivity contribution is 8.18. The monoisotopic (exact) mass is 376 g/mol. The van der Waals surface area contributed by atoms with Crippen LogP contribution in [0.15, 0.2) is 28.1 Å². The molecule has 1 fully saturated rings. The van der Waals surface area contributed by atoms with Crippen molar-refractivity contribution in [1.82, 2.24) is 4.90 Å². The molecule has 0 bridgehead atoms. The van der Waals surface area contributed by atoms with E-state index in [9.17, 15) is 4.79 Å². The molecule has 0 aromatic heterocycles. The van der Waals surface area contributed by atoms with Crippen LogP contribution in [0.1, 0.15) is 25.3 Å². The highest BCUT2D eigenvalue weighted by Gasteiger charge is 2.27. The summed E-state index contributed by atoms with van der Waals surface area (Å²) < 4.78 is 16.5. The number of hydrogen-bond acceptors (Lipinski definition) is 6. The van der Waals surface area contributed by atoms with E-state index < -0.39 is 0 Å². The molecule has 2 aliphatic heterocycles. The summed E-state index contributed by atoms with van der Waals surface area (Å²) in [5.41, 5.74) is 0.888. The van der Waals surface area contributed by atoms with Crippen LogP contribution in [0.2, 0.25) is 0 Å². The van der Waals surface area contributed by atoms with Crippen LogP contribution in [0, 0.1) is 0 Å². The number of thioether (sulfide) groups is 1. The minimum Gasteiger partial charge on any atom is -0.493 e. The van der Waals surface area contributed by atoms with Crippen molar-refractivity contribution >= 4 is 28.9 Å². The normalized spacial score (nSPS) is 19.0. The van der Waals surface area contributed by atoms with Crippen LogP contribution in [-0.2, 0) is 9.53 Å². The van der Waals surface area contributed by atoms with Crippen molar-refractivity contribution < 1.29 is 19.0 Å². The van der Waals surface area contributed by atoms with Gasteiger partial charge in [-0.3, -0.25) is 4.79 Å². The number of unbranched alkanes of at least 4 members (excludes halogenated alkanes) is 1. The molecule has 1 saturated heterocycles. The number of carbonyl (C=O) groups is 1. The third kappa shape index (κ3) is 4.59. The fraction of sp³-hybridized carbons (Fsp3) is 0.474. The second-order valence-electron chi connectivity index (χ2n) is 6.02. The van der Waals surface area contributed by atoms with Gasteiger partial charge in [0.25, 0.3) is 5.91 Å². The van der Waals surface area contributed by atoms with Gasteiger partial charge in [0.05, 0.1) is 31.8 Å². The van der Waals surface area contributed by atoms with Crippen molar-refractivity contribution in [2.24, 2.45) is 4.99 Å². The van der Waals surface area contributed by atoms with E-state index in [1.54, 1.807) is 7.11 Å². The first-order chi connectivity index (χ1) is 12.7. The predicted molar refractivity (Wildman–Crippen MR) is 104 cm³/mol. The zero-order valence-corrected chi connectivity index (χ0v) is 16.0. The molecule has 7 heteroatoms. The number of rotatable bonds is 6. The van der Waals surface area contributed by atoms with Gasteiger partial charge in [0.2, 0.25) is 0 Å². The number of amidine groups is 1. The minimum absolute atomic E-state index is 0.196. The number of amides is 1. The van der Waals surface area contributed by atoms with Gasteiger partial charge in [-0.1, -0.05) is 19.4 Å². The molecule has 1 aromatic carbocycles. The van der Waals surface area contributed by atoms with E-state index in [-0.39, 0.29) is 5.91 Å². The van der Waals surface area contributed by atoms with Crippen LogP contribution in [0.5, 0.6) is 11.5 Å². The average molecular weight is 376 g/mol. The molecule has 0 unspecified atom stereocenters. The van der Waals surface area contributed by atoms with Crippen molar-refractivity contribution in [2.75, 3.05) is 40.0 Å². The number of ether oxygens (including phenoxy) is 3. The Morgan fingerprint density at radius 3 is 2.85 bits per heavy atom. The van der Waals surface area contributed by atoms with E-state index in [4.69, 9.17) is 14.2 Å². The van der Waals surface area contributed by atoms with Crippen LogP contribution in [0.3, 0.4) is 0 Å². The summed E-state index contributed by atoms with van der Waals surface area (Å²) in [6.45, 7) is 5.67. The zero-order chi connectivity index (χ0) is 18.4. The van der Waals surface area contributed by atoms with Gasteiger partial charge in [-0.25, -0.2) is 0 Å². The van der Waals surface area contributed by atoms with E-state index in [2.05, 4.69) is 16.8 Å². The van der Waals surface area contributed by atoms with E-state index >= 15 is 0 Å². The Balaban J connectivity index is 1.70. The molecule has 6 nitrogen and oxygen atoms in total. The standard InChI is InChI=1S/C19H24N2O4S/c1-3-4-9-25-15-6-5-14(12-16(15)23-2)13-17-18(22)20-19(26-17)21-7-10-24-11-8-21/h5-6,12-13H,3-4,7-11H2,1-2H3. The van der Waals surface area contributed by atoms with Crippen molar-refractivity contribution in [1.29, 1.82) is 0 Å². The molecule has 0 radical (unpaired) electrons. The number of carbonyl (C=O) groups excluding carboxylic acids is 1. The summed E-state index contributed by atoms with van der Waals surface area (Å²) in [7, 11) is 1.62. The van der Waals surface area contributed by atoms with Crippen LogP contribution in [0.4, 0.5) is 0 Å². The van der Waals surface area contributed by atoms with Crippen LogP contribution >= 0.6 is 11.8 Å². The Labute approximate surface area is 158 Å². The molecule has 0 spiro atoms.